The quantitative estimate of drug-likeness (QED) is 0.492. The first-order valence-corrected chi connectivity index (χ1v) is 2.85. The average molecular weight is 103 g/mol. The van der Waals surface area contributed by atoms with Crippen molar-refractivity contribution in [3.63, 3.8) is 0 Å². The summed E-state index contributed by atoms with van der Waals surface area (Å²) < 4.78 is 0. The Morgan fingerprint density at radius 3 is 2.29 bits per heavy atom. The Hall–Kier alpha value is -0.0800. The van der Waals surface area contributed by atoms with Crippen molar-refractivity contribution in [3.8, 4) is 0 Å². The van der Waals surface area contributed by atoms with Gasteiger partial charge in [0, 0.05) is 6.54 Å². The van der Waals surface area contributed by atoms with Gasteiger partial charge in [0.2, 0.25) is 0 Å². The number of hydrogen-bond donors (Lipinski definition) is 1. The lowest BCUT2D eigenvalue weighted by atomic mass is 10.5. The van der Waals surface area contributed by atoms with Gasteiger partial charge in [-0.1, -0.05) is 13.8 Å². The van der Waals surface area contributed by atoms with Crippen molar-refractivity contribution >= 4 is 0 Å². The van der Waals surface area contributed by atoms with E-state index < -0.39 is 0 Å². The molecule has 1 saturated heterocycles. The molecule has 1 N–H and O–H groups in total. The summed E-state index contributed by atoms with van der Waals surface area (Å²) in [7, 11) is 0. The van der Waals surface area contributed by atoms with Crippen LogP contribution in [0, 0.1) is 0 Å². The van der Waals surface area contributed by atoms with Crippen LogP contribution in [0.15, 0.2) is 0 Å². The summed E-state index contributed by atoms with van der Waals surface area (Å²) in [6, 6.07) is 0. The molecule has 0 unspecified atom stereocenters. The first-order chi connectivity index (χ1) is 3.50. The van der Waals surface area contributed by atoms with E-state index in [0.29, 0.717) is 0 Å². The van der Waals surface area contributed by atoms with Crippen molar-refractivity contribution < 1.29 is 4.84 Å². The highest BCUT2D eigenvalue weighted by atomic mass is 16.6. The first kappa shape index (κ1) is 6.92. The van der Waals surface area contributed by atoms with Gasteiger partial charge in [-0.05, 0) is 6.42 Å². The van der Waals surface area contributed by atoms with Crippen LogP contribution in [-0.4, -0.2) is 13.2 Å². The standard InChI is InChI=1S/C3H7NO.C2H6/c1-2-4-5-3-1;1-2/h4H,1-3H2;1-2H3. The molecule has 44 valence electrons. The Morgan fingerprint density at radius 2 is 2.14 bits per heavy atom. The van der Waals surface area contributed by atoms with Gasteiger partial charge >= 0.3 is 0 Å². The Morgan fingerprint density at radius 1 is 1.43 bits per heavy atom. The van der Waals surface area contributed by atoms with Crippen molar-refractivity contribution in [1.29, 1.82) is 0 Å². The van der Waals surface area contributed by atoms with Crippen LogP contribution in [0.5, 0.6) is 0 Å². The average Bonchev–Trinajstić information content (AvgIpc) is 2.23. The summed E-state index contributed by atoms with van der Waals surface area (Å²) in [6.45, 7) is 5.92. The second-order valence-electron chi connectivity index (χ2n) is 1.10. The summed E-state index contributed by atoms with van der Waals surface area (Å²) in [5.74, 6) is 0. The fourth-order valence-electron chi connectivity index (χ4n) is 0.361. The van der Waals surface area contributed by atoms with Gasteiger partial charge in [0.1, 0.15) is 0 Å². The van der Waals surface area contributed by atoms with E-state index in [-0.39, 0.29) is 0 Å². The Bertz CT molecular complexity index is 19.7. The summed E-state index contributed by atoms with van der Waals surface area (Å²) in [5, 5.41) is 0. The Kier molecular flexibility index (Phi) is 5.85. The fourth-order valence-corrected chi connectivity index (χ4v) is 0.361. The molecule has 0 aliphatic carbocycles. The SMILES string of the molecule is C1CNOC1.CC. The van der Waals surface area contributed by atoms with E-state index in [1.54, 1.807) is 0 Å². The molecule has 2 heteroatoms. The highest BCUT2D eigenvalue weighted by Gasteiger charge is 1.93. The van der Waals surface area contributed by atoms with Gasteiger partial charge in [-0.15, -0.1) is 0 Å². The van der Waals surface area contributed by atoms with Crippen molar-refractivity contribution in [2.75, 3.05) is 13.2 Å². The molecule has 0 saturated carbocycles. The normalized spacial score (nSPS) is 18.0. The van der Waals surface area contributed by atoms with Gasteiger partial charge in [0.15, 0.2) is 0 Å². The molecule has 1 aliphatic heterocycles. The van der Waals surface area contributed by atoms with Gasteiger partial charge in [0.05, 0.1) is 6.61 Å². The number of hydrogen-bond acceptors (Lipinski definition) is 2. The third-order valence-corrected chi connectivity index (χ3v) is 0.627. The van der Waals surface area contributed by atoms with Gasteiger partial charge in [-0.3, -0.25) is 0 Å². The van der Waals surface area contributed by atoms with Crippen LogP contribution in [0.25, 0.3) is 0 Å². The molecule has 7 heavy (non-hydrogen) atoms. The van der Waals surface area contributed by atoms with Gasteiger partial charge < -0.3 is 4.84 Å². The van der Waals surface area contributed by atoms with E-state index in [1.807, 2.05) is 13.8 Å². The van der Waals surface area contributed by atoms with E-state index in [1.165, 1.54) is 6.42 Å². The molecule has 0 aromatic heterocycles. The van der Waals surface area contributed by atoms with E-state index in [9.17, 15) is 0 Å². The second kappa shape index (κ2) is 5.92. The van der Waals surface area contributed by atoms with Crippen molar-refractivity contribution in [3.05, 3.63) is 0 Å². The molecular weight excluding hydrogens is 90.1 g/mol. The van der Waals surface area contributed by atoms with Crippen LogP contribution < -0.4 is 5.48 Å². The van der Waals surface area contributed by atoms with Crippen LogP contribution in [0.1, 0.15) is 20.3 Å². The van der Waals surface area contributed by atoms with E-state index >= 15 is 0 Å². The van der Waals surface area contributed by atoms with Gasteiger partial charge in [-0.2, -0.15) is 0 Å². The predicted molar refractivity (Wildman–Crippen MR) is 29.9 cm³/mol. The third kappa shape index (κ3) is 3.76. The molecule has 1 aliphatic rings. The number of nitrogens with one attached hydrogen (secondary N) is 1. The zero-order valence-electron chi connectivity index (χ0n) is 5.03. The number of rotatable bonds is 0. The molecule has 0 aromatic rings. The highest BCUT2D eigenvalue weighted by Crippen LogP contribution is 1.83. The molecule has 1 heterocycles. The summed E-state index contributed by atoms with van der Waals surface area (Å²) in [6.07, 6.45) is 1.17. The molecule has 1 rings (SSSR count). The third-order valence-electron chi connectivity index (χ3n) is 0.627. The van der Waals surface area contributed by atoms with E-state index in [2.05, 4.69) is 5.48 Å². The lowest BCUT2D eigenvalue weighted by molar-refractivity contribution is 0.103. The molecule has 0 radical (unpaired) electrons. The van der Waals surface area contributed by atoms with Crippen molar-refractivity contribution in [1.82, 2.24) is 5.48 Å². The second-order valence-corrected chi connectivity index (χ2v) is 1.10. The van der Waals surface area contributed by atoms with Crippen LogP contribution in [0.4, 0.5) is 0 Å². The number of hydroxylamine groups is 1. The van der Waals surface area contributed by atoms with Crippen molar-refractivity contribution in [2.24, 2.45) is 0 Å². The lowest BCUT2D eigenvalue weighted by Crippen LogP contribution is -2.01. The minimum absolute atomic E-state index is 0.889. The topological polar surface area (TPSA) is 21.3 Å². The van der Waals surface area contributed by atoms with Crippen LogP contribution in [-0.2, 0) is 4.84 Å². The minimum Gasteiger partial charge on any atom is -0.302 e. The Labute approximate surface area is 44.8 Å². The molecular formula is C5H13NO. The highest BCUT2D eigenvalue weighted by molar-refractivity contribution is 4.40. The minimum atomic E-state index is 0.889. The van der Waals surface area contributed by atoms with E-state index in [4.69, 9.17) is 4.84 Å². The summed E-state index contributed by atoms with van der Waals surface area (Å²) >= 11 is 0. The molecule has 0 bridgehead atoms. The molecule has 1 fully saturated rings. The maximum absolute atomic E-state index is 4.69. The van der Waals surface area contributed by atoms with Crippen LogP contribution in [0.2, 0.25) is 0 Å². The van der Waals surface area contributed by atoms with Gasteiger partial charge in [0.25, 0.3) is 0 Å². The lowest BCUT2D eigenvalue weighted by Gasteiger charge is -1.80. The van der Waals surface area contributed by atoms with E-state index in [0.717, 1.165) is 13.2 Å². The molecule has 0 spiro atoms. The van der Waals surface area contributed by atoms with Crippen molar-refractivity contribution in [2.45, 2.75) is 20.3 Å². The fraction of sp³-hybridized carbons (Fsp3) is 1.00. The van der Waals surface area contributed by atoms with Gasteiger partial charge in [-0.25, -0.2) is 5.48 Å². The van der Waals surface area contributed by atoms with Crippen LogP contribution >= 0.6 is 0 Å². The zero-order valence-corrected chi connectivity index (χ0v) is 5.03. The molecule has 0 amide bonds. The maximum atomic E-state index is 4.69. The Balaban J connectivity index is 0.000000162. The smallest absolute Gasteiger partial charge is 0.0695 e. The largest absolute Gasteiger partial charge is 0.302 e. The monoisotopic (exact) mass is 103 g/mol. The summed E-state index contributed by atoms with van der Waals surface area (Å²) in [5.41, 5.74) is 2.72. The maximum Gasteiger partial charge on any atom is 0.0695 e. The molecule has 0 atom stereocenters. The molecule has 2 nitrogen and oxygen atoms in total. The summed E-state index contributed by atoms with van der Waals surface area (Å²) in [4.78, 5) is 4.69. The first-order valence-electron chi connectivity index (χ1n) is 2.85. The predicted octanol–water partition coefficient (Wildman–Crippen LogP) is 0.938. The van der Waals surface area contributed by atoms with Crippen LogP contribution in [0.3, 0.4) is 0 Å². The molecule has 0 aromatic carbocycles. The zero-order chi connectivity index (χ0) is 5.54.